The summed E-state index contributed by atoms with van der Waals surface area (Å²) in [7, 11) is 0. The van der Waals surface area contributed by atoms with E-state index in [0.717, 1.165) is 0 Å². The summed E-state index contributed by atoms with van der Waals surface area (Å²) < 4.78 is 5.09. The molecule has 0 aromatic rings. The van der Waals surface area contributed by atoms with E-state index < -0.39 is 5.97 Å². The Labute approximate surface area is 92.6 Å². The molecule has 0 rings (SSSR count). The van der Waals surface area contributed by atoms with Crippen LogP contribution in [0, 0.1) is 5.92 Å². The van der Waals surface area contributed by atoms with Crippen LogP contribution in [-0.4, -0.2) is 18.4 Å². The second kappa shape index (κ2) is 5.96. The highest BCUT2D eigenvalue weighted by molar-refractivity contribution is 9.12. The zero-order valence-electron chi connectivity index (χ0n) is 8.89. The van der Waals surface area contributed by atoms with Crippen LogP contribution in [0.2, 0.25) is 0 Å². The Morgan fingerprint density at radius 1 is 1.36 bits per heavy atom. The van der Waals surface area contributed by atoms with Crippen LogP contribution in [-0.2, 0) is 14.3 Å². The third-order valence-corrected chi connectivity index (χ3v) is 2.64. The molecular weight excluding hydrogens is 248 g/mol. The lowest BCUT2D eigenvalue weighted by molar-refractivity contribution is -0.138. The molecule has 0 N–H and O–H groups in total. The second-order valence-corrected chi connectivity index (χ2v) is 3.97. The molecule has 0 amide bonds. The monoisotopic (exact) mass is 262 g/mol. The van der Waals surface area contributed by atoms with E-state index in [1.54, 1.807) is 27.7 Å². The van der Waals surface area contributed by atoms with Gasteiger partial charge in [-0.15, -0.1) is 0 Å². The van der Waals surface area contributed by atoms with Crippen molar-refractivity contribution in [2.24, 2.45) is 5.92 Å². The van der Waals surface area contributed by atoms with E-state index in [4.69, 9.17) is 4.74 Å². The number of rotatable bonds is 4. The first-order chi connectivity index (χ1) is 6.41. The van der Waals surface area contributed by atoms with Crippen molar-refractivity contribution >= 4 is 27.7 Å². The van der Waals surface area contributed by atoms with E-state index in [1.807, 2.05) is 0 Å². The molecule has 0 bridgehead atoms. The zero-order chi connectivity index (χ0) is 11.3. The van der Waals surface area contributed by atoms with Crippen LogP contribution in [0.15, 0.2) is 10.1 Å². The second-order valence-electron chi connectivity index (χ2n) is 3.18. The van der Waals surface area contributed by atoms with E-state index in [-0.39, 0.29) is 11.7 Å². The highest BCUT2D eigenvalue weighted by Crippen LogP contribution is 2.18. The molecule has 0 fully saturated rings. The van der Waals surface area contributed by atoms with Gasteiger partial charge in [-0.1, -0.05) is 13.8 Å². The maximum atomic E-state index is 11.5. The van der Waals surface area contributed by atoms with Gasteiger partial charge in [0.05, 0.1) is 16.7 Å². The van der Waals surface area contributed by atoms with Gasteiger partial charge < -0.3 is 4.74 Å². The normalized spacial score (nSPS) is 12.4. The van der Waals surface area contributed by atoms with Crippen molar-refractivity contribution in [1.29, 1.82) is 0 Å². The number of hydrogen-bond acceptors (Lipinski definition) is 3. The lowest BCUT2D eigenvalue weighted by Crippen LogP contribution is -2.13. The van der Waals surface area contributed by atoms with Crippen molar-refractivity contribution in [3.05, 3.63) is 10.1 Å². The molecule has 0 aromatic carbocycles. The lowest BCUT2D eigenvalue weighted by atomic mass is 10.1. The minimum absolute atomic E-state index is 0.0875. The Bertz CT molecular complexity index is 267. The van der Waals surface area contributed by atoms with Crippen molar-refractivity contribution in [2.45, 2.75) is 27.7 Å². The topological polar surface area (TPSA) is 43.4 Å². The minimum atomic E-state index is -0.451. The maximum absolute atomic E-state index is 11.5. The molecular formula is C10H15BrO3. The van der Waals surface area contributed by atoms with Crippen molar-refractivity contribution in [3.8, 4) is 0 Å². The average molecular weight is 263 g/mol. The van der Waals surface area contributed by atoms with Crippen LogP contribution in [0.1, 0.15) is 27.7 Å². The number of halogens is 1. The number of ketones is 1. The summed E-state index contributed by atoms with van der Waals surface area (Å²) in [6.07, 6.45) is 0. The first-order valence-electron chi connectivity index (χ1n) is 4.49. The van der Waals surface area contributed by atoms with Gasteiger partial charge in [0.2, 0.25) is 0 Å². The standard InChI is InChI=1S/C10H15BrO3/c1-5-14-10(13)7(4)8(11)9(12)6(2)3/h6H,5H2,1-4H3. The summed E-state index contributed by atoms with van der Waals surface area (Å²) in [6.45, 7) is 7.17. The van der Waals surface area contributed by atoms with Gasteiger partial charge in [-0.3, -0.25) is 4.79 Å². The molecule has 0 unspecified atom stereocenters. The van der Waals surface area contributed by atoms with Gasteiger partial charge in [0.1, 0.15) is 0 Å². The third-order valence-electron chi connectivity index (χ3n) is 1.65. The van der Waals surface area contributed by atoms with Crippen LogP contribution in [0.5, 0.6) is 0 Å². The smallest absolute Gasteiger partial charge is 0.334 e. The summed E-state index contributed by atoms with van der Waals surface area (Å²) in [4.78, 5) is 22.7. The molecule has 0 radical (unpaired) electrons. The molecule has 4 heteroatoms. The molecule has 0 atom stereocenters. The van der Waals surface area contributed by atoms with Gasteiger partial charge in [-0.05, 0) is 29.8 Å². The van der Waals surface area contributed by atoms with Crippen molar-refractivity contribution in [1.82, 2.24) is 0 Å². The van der Waals surface area contributed by atoms with Gasteiger partial charge in [-0.25, -0.2) is 4.79 Å². The summed E-state index contributed by atoms with van der Waals surface area (Å²) in [6, 6.07) is 0. The summed E-state index contributed by atoms with van der Waals surface area (Å²) >= 11 is 3.11. The van der Waals surface area contributed by atoms with Crippen molar-refractivity contribution in [2.75, 3.05) is 6.61 Å². The van der Waals surface area contributed by atoms with Crippen LogP contribution >= 0.6 is 15.9 Å². The number of esters is 1. The molecule has 0 aliphatic heterocycles. The Morgan fingerprint density at radius 2 is 1.86 bits per heavy atom. The van der Waals surface area contributed by atoms with Gasteiger partial charge >= 0.3 is 5.97 Å². The van der Waals surface area contributed by atoms with E-state index in [9.17, 15) is 9.59 Å². The summed E-state index contributed by atoms with van der Waals surface area (Å²) in [5, 5.41) is 0. The molecule has 0 spiro atoms. The van der Waals surface area contributed by atoms with Crippen LogP contribution in [0.4, 0.5) is 0 Å². The van der Waals surface area contributed by atoms with Gasteiger partial charge in [-0.2, -0.15) is 0 Å². The van der Waals surface area contributed by atoms with Gasteiger partial charge in [0, 0.05) is 5.92 Å². The Hall–Kier alpha value is -0.640. The molecule has 0 aromatic heterocycles. The fourth-order valence-corrected chi connectivity index (χ4v) is 1.39. The fourth-order valence-electron chi connectivity index (χ4n) is 0.767. The first-order valence-corrected chi connectivity index (χ1v) is 5.28. The highest BCUT2D eigenvalue weighted by atomic mass is 79.9. The zero-order valence-corrected chi connectivity index (χ0v) is 10.5. The number of carbonyl (C=O) groups is 2. The number of Topliss-reactive ketones (excluding diaryl/α,β-unsaturated/α-hetero) is 1. The molecule has 0 saturated carbocycles. The van der Waals surface area contributed by atoms with E-state index in [1.165, 1.54) is 0 Å². The molecule has 80 valence electrons. The largest absolute Gasteiger partial charge is 0.463 e. The molecule has 0 heterocycles. The molecule has 3 nitrogen and oxygen atoms in total. The summed E-state index contributed by atoms with van der Waals surface area (Å²) in [5.74, 6) is -0.669. The maximum Gasteiger partial charge on any atom is 0.334 e. The minimum Gasteiger partial charge on any atom is -0.463 e. The number of allylic oxidation sites excluding steroid dienone is 1. The Kier molecular flexibility index (Phi) is 5.69. The molecule has 0 aliphatic carbocycles. The first kappa shape index (κ1) is 13.4. The number of carbonyl (C=O) groups excluding carboxylic acids is 2. The highest BCUT2D eigenvalue weighted by Gasteiger charge is 2.18. The molecule has 0 saturated heterocycles. The van der Waals surface area contributed by atoms with E-state index in [2.05, 4.69) is 15.9 Å². The van der Waals surface area contributed by atoms with Crippen LogP contribution < -0.4 is 0 Å². The van der Waals surface area contributed by atoms with Crippen molar-refractivity contribution < 1.29 is 14.3 Å². The van der Waals surface area contributed by atoms with Gasteiger partial charge in [0.15, 0.2) is 5.78 Å². The Morgan fingerprint density at radius 3 is 2.21 bits per heavy atom. The number of hydrogen-bond donors (Lipinski definition) is 0. The number of ether oxygens (including phenoxy) is 1. The lowest BCUT2D eigenvalue weighted by Gasteiger charge is -2.06. The SMILES string of the molecule is CCOC(=O)C(C)=C(Br)C(=O)C(C)C. The third kappa shape index (κ3) is 3.62. The fraction of sp³-hybridized carbons (Fsp3) is 0.600. The van der Waals surface area contributed by atoms with E-state index in [0.29, 0.717) is 16.7 Å². The summed E-state index contributed by atoms with van der Waals surface area (Å²) in [5.41, 5.74) is 0.325. The van der Waals surface area contributed by atoms with Crippen LogP contribution in [0.25, 0.3) is 0 Å². The quantitative estimate of drug-likeness (QED) is 0.578. The Balaban J connectivity index is 4.74. The predicted molar refractivity (Wildman–Crippen MR) is 58.1 cm³/mol. The predicted octanol–water partition coefficient (Wildman–Crippen LogP) is 2.44. The van der Waals surface area contributed by atoms with Gasteiger partial charge in [0.25, 0.3) is 0 Å². The molecule has 0 aliphatic rings. The molecule has 14 heavy (non-hydrogen) atoms. The van der Waals surface area contributed by atoms with Crippen molar-refractivity contribution in [3.63, 3.8) is 0 Å². The average Bonchev–Trinajstić information content (AvgIpc) is 2.14. The van der Waals surface area contributed by atoms with Crippen LogP contribution in [0.3, 0.4) is 0 Å². The van der Waals surface area contributed by atoms with E-state index >= 15 is 0 Å².